The Morgan fingerprint density at radius 3 is 2.86 bits per heavy atom. The van der Waals surface area contributed by atoms with Crippen LogP contribution in [0.15, 0.2) is 30.5 Å². The third-order valence-corrected chi connectivity index (χ3v) is 5.88. The van der Waals surface area contributed by atoms with Gasteiger partial charge in [-0.05, 0) is 30.5 Å². The Labute approximate surface area is 133 Å². The summed E-state index contributed by atoms with van der Waals surface area (Å²) in [5.41, 5.74) is 1.56. The maximum Gasteiger partial charge on any atom is 0.185 e. The Hall–Kier alpha value is -1.10. The standard InChI is InChI=1S/C16H17ClN2OS/c17-13-3-1-12(2-4-13)14-9-18-15(21-14)19-7-5-16(10-19)6-8-20-11-16/h1-4,9H,5-8,10-11H2. The van der Waals surface area contributed by atoms with Crippen LogP contribution in [0.3, 0.4) is 0 Å². The minimum absolute atomic E-state index is 0.381. The van der Waals surface area contributed by atoms with Gasteiger partial charge < -0.3 is 9.64 Å². The smallest absolute Gasteiger partial charge is 0.185 e. The zero-order valence-electron chi connectivity index (χ0n) is 11.7. The zero-order valence-corrected chi connectivity index (χ0v) is 13.3. The lowest BCUT2D eigenvalue weighted by molar-refractivity contribution is 0.160. The summed E-state index contributed by atoms with van der Waals surface area (Å²) in [6, 6.07) is 7.96. The van der Waals surface area contributed by atoms with E-state index in [0.717, 1.165) is 36.5 Å². The van der Waals surface area contributed by atoms with Crippen LogP contribution in [0.4, 0.5) is 5.13 Å². The molecule has 0 amide bonds. The third kappa shape index (κ3) is 2.56. The van der Waals surface area contributed by atoms with Gasteiger partial charge in [0.25, 0.3) is 0 Å². The molecule has 0 radical (unpaired) electrons. The van der Waals surface area contributed by atoms with E-state index in [0.29, 0.717) is 5.41 Å². The molecule has 1 unspecified atom stereocenters. The van der Waals surface area contributed by atoms with Crippen molar-refractivity contribution < 1.29 is 4.74 Å². The van der Waals surface area contributed by atoms with Crippen molar-refractivity contribution in [3.63, 3.8) is 0 Å². The summed E-state index contributed by atoms with van der Waals surface area (Å²) in [5.74, 6) is 0. The molecule has 0 bridgehead atoms. The van der Waals surface area contributed by atoms with E-state index < -0.39 is 0 Å². The van der Waals surface area contributed by atoms with Crippen molar-refractivity contribution in [2.75, 3.05) is 31.2 Å². The van der Waals surface area contributed by atoms with E-state index in [4.69, 9.17) is 16.3 Å². The van der Waals surface area contributed by atoms with Crippen LogP contribution in [0.5, 0.6) is 0 Å². The van der Waals surface area contributed by atoms with Crippen molar-refractivity contribution in [2.45, 2.75) is 12.8 Å². The fourth-order valence-corrected chi connectivity index (χ4v) is 4.30. The van der Waals surface area contributed by atoms with E-state index in [-0.39, 0.29) is 0 Å². The molecule has 3 heterocycles. The summed E-state index contributed by atoms with van der Waals surface area (Å²) in [6.07, 6.45) is 4.39. The molecule has 2 aromatic rings. The van der Waals surface area contributed by atoms with E-state index >= 15 is 0 Å². The van der Waals surface area contributed by atoms with E-state index in [1.54, 1.807) is 11.3 Å². The maximum atomic E-state index is 5.94. The molecule has 110 valence electrons. The molecule has 21 heavy (non-hydrogen) atoms. The first-order valence-electron chi connectivity index (χ1n) is 7.29. The number of hydrogen-bond donors (Lipinski definition) is 0. The van der Waals surface area contributed by atoms with Gasteiger partial charge in [-0.1, -0.05) is 35.1 Å². The van der Waals surface area contributed by atoms with Crippen molar-refractivity contribution in [1.82, 2.24) is 4.98 Å². The molecular weight excluding hydrogens is 304 g/mol. The lowest BCUT2D eigenvalue weighted by Crippen LogP contribution is -2.27. The molecule has 0 N–H and O–H groups in total. The fourth-order valence-electron chi connectivity index (χ4n) is 3.23. The van der Waals surface area contributed by atoms with E-state index in [2.05, 4.69) is 22.0 Å². The van der Waals surface area contributed by atoms with Crippen LogP contribution in [0.2, 0.25) is 5.02 Å². The Morgan fingerprint density at radius 2 is 2.10 bits per heavy atom. The molecule has 2 aliphatic heterocycles. The average molecular weight is 321 g/mol. The van der Waals surface area contributed by atoms with Crippen molar-refractivity contribution >= 4 is 28.1 Å². The first-order chi connectivity index (χ1) is 10.2. The molecule has 1 atom stereocenters. The molecule has 2 fully saturated rings. The van der Waals surface area contributed by atoms with Gasteiger partial charge in [0.15, 0.2) is 5.13 Å². The van der Waals surface area contributed by atoms with Gasteiger partial charge in [0, 0.05) is 36.3 Å². The molecule has 1 aromatic carbocycles. The summed E-state index contributed by atoms with van der Waals surface area (Å²) < 4.78 is 5.60. The first kappa shape index (κ1) is 13.6. The van der Waals surface area contributed by atoms with Gasteiger partial charge in [0.2, 0.25) is 0 Å². The maximum absolute atomic E-state index is 5.94. The van der Waals surface area contributed by atoms with Crippen LogP contribution in [0.1, 0.15) is 12.8 Å². The van der Waals surface area contributed by atoms with Gasteiger partial charge >= 0.3 is 0 Å². The van der Waals surface area contributed by atoms with E-state index in [1.165, 1.54) is 23.3 Å². The molecule has 2 aliphatic rings. The van der Waals surface area contributed by atoms with Crippen LogP contribution in [-0.4, -0.2) is 31.3 Å². The Balaban J connectivity index is 1.53. The molecule has 4 rings (SSSR count). The first-order valence-corrected chi connectivity index (χ1v) is 8.48. The molecule has 1 spiro atoms. The zero-order chi connectivity index (χ0) is 14.3. The predicted molar refractivity (Wildman–Crippen MR) is 87.3 cm³/mol. The van der Waals surface area contributed by atoms with Gasteiger partial charge in [0.1, 0.15) is 0 Å². The van der Waals surface area contributed by atoms with Crippen molar-refractivity contribution in [1.29, 1.82) is 0 Å². The molecule has 2 saturated heterocycles. The van der Waals surface area contributed by atoms with Gasteiger partial charge in [-0.2, -0.15) is 0 Å². The number of nitrogens with zero attached hydrogens (tertiary/aromatic N) is 2. The highest BCUT2D eigenvalue weighted by atomic mass is 35.5. The van der Waals surface area contributed by atoms with Crippen LogP contribution in [0.25, 0.3) is 10.4 Å². The average Bonchev–Trinajstić information content (AvgIpc) is 3.22. The minimum Gasteiger partial charge on any atom is -0.381 e. The molecule has 0 aliphatic carbocycles. The number of aromatic nitrogens is 1. The van der Waals surface area contributed by atoms with Gasteiger partial charge in [0.05, 0.1) is 11.5 Å². The second-order valence-corrected chi connectivity index (χ2v) is 7.43. The molecular formula is C16H17ClN2OS. The van der Waals surface area contributed by atoms with Gasteiger partial charge in [-0.3, -0.25) is 0 Å². The molecule has 3 nitrogen and oxygen atoms in total. The third-order valence-electron chi connectivity index (χ3n) is 4.52. The Morgan fingerprint density at radius 1 is 1.24 bits per heavy atom. The van der Waals surface area contributed by atoms with Crippen LogP contribution in [-0.2, 0) is 4.74 Å². The summed E-state index contributed by atoms with van der Waals surface area (Å²) >= 11 is 7.71. The number of benzene rings is 1. The fraction of sp³-hybridized carbons (Fsp3) is 0.438. The van der Waals surface area contributed by atoms with Crippen molar-refractivity contribution in [3.8, 4) is 10.4 Å². The summed E-state index contributed by atoms with van der Waals surface area (Å²) in [4.78, 5) is 8.24. The number of ether oxygens (including phenoxy) is 1. The quantitative estimate of drug-likeness (QED) is 0.833. The normalized spacial score (nSPS) is 25.1. The van der Waals surface area contributed by atoms with E-state index in [1.807, 2.05) is 18.3 Å². The van der Waals surface area contributed by atoms with Crippen molar-refractivity contribution in [3.05, 3.63) is 35.5 Å². The summed E-state index contributed by atoms with van der Waals surface area (Å²) in [5, 5.41) is 1.90. The predicted octanol–water partition coefficient (Wildman–Crippen LogP) is 4.08. The van der Waals surface area contributed by atoms with Crippen LogP contribution >= 0.6 is 22.9 Å². The SMILES string of the molecule is Clc1ccc(-c2cnc(N3CCC4(CCOC4)C3)s2)cc1. The Bertz CT molecular complexity index is 634. The Kier molecular flexibility index (Phi) is 3.40. The molecule has 1 aromatic heterocycles. The minimum atomic E-state index is 0.381. The summed E-state index contributed by atoms with van der Waals surface area (Å²) in [7, 11) is 0. The topological polar surface area (TPSA) is 25.4 Å². The monoisotopic (exact) mass is 320 g/mol. The lowest BCUT2D eigenvalue weighted by atomic mass is 9.87. The molecule has 0 saturated carbocycles. The highest BCUT2D eigenvalue weighted by Gasteiger charge is 2.41. The van der Waals surface area contributed by atoms with Crippen LogP contribution in [0, 0.1) is 5.41 Å². The highest BCUT2D eigenvalue weighted by molar-refractivity contribution is 7.18. The van der Waals surface area contributed by atoms with Gasteiger partial charge in [-0.15, -0.1) is 0 Å². The molecule has 5 heteroatoms. The van der Waals surface area contributed by atoms with Crippen LogP contribution < -0.4 is 4.90 Å². The number of hydrogen-bond acceptors (Lipinski definition) is 4. The van der Waals surface area contributed by atoms with E-state index in [9.17, 15) is 0 Å². The number of anilines is 1. The second kappa shape index (κ2) is 5.27. The lowest BCUT2D eigenvalue weighted by Gasteiger charge is -2.21. The largest absolute Gasteiger partial charge is 0.381 e. The number of thiazole rings is 1. The second-order valence-electron chi connectivity index (χ2n) is 5.99. The van der Waals surface area contributed by atoms with Gasteiger partial charge in [-0.25, -0.2) is 4.98 Å². The highest BCUT2D eigenvalue weighted by Crippen LogP contribution is 2.41. The number of rotatable bonds is 2. The summed E-state index contributed by atoms with van der Waals surface area (Å²) in [6.45, 7) is 4.01. The number of halogens is 1. The van der Waals surface area contributed by atoms with Crippen molar-refractivity contribution in [2.24, 2.45) is 5.41 Å².